The molecular formula is C20H15F2O4-. The van der Waals surface area contributed by atoms with Crippen LogP contribution < -0.4 is 5.11 Å². The molecule has 4 nitrogen and oxygen atoms in total. The first-order valence-corrected chi connectivity index (χ1v) is 8.04. The van der Waals surface area contributed by atoms with Crippen LogP contribution in [0, 0.1) is 5.92 Å². The second kappa shape index (κ2) is 7.07. The van der Waals surface area contributed by atoms with Gasteiger partial charge in [0.15, 0.2) is 0 Å². The Kier molecular flexibility index (Phi) is 4.84. The average molecular weight is 357 g/mol. The van der Waals surface area contributed by atoms with E-state index < -0.39 is 23.8 Å². The predicted octanol–water partition coefficient (Wildman–Crippen LogP) is 3.03. The SMILES string of the molecule is O=C([O-])c1ccccc1C(=O)OCCC1C=Cc2ccccc2C1(F)F. The molecule has 0 saturated carbocycles. The maximum atomic E-state index is 14.6. The molecule has 0 amide bonds. The van der Waals surface area contributed by atoms with Crippen LogP contribution in [0.25, 0.3) is 6.08 Å². The molecule has 1 unspecified atom stereocenters. The Labute approximate surface area is 148 Å². The van der Waals surface area contributed by atoms with Gasteiger partial charge in [0.05, 0.1) is 18.1 Å². The van der Waals surface area contributed by atoms with Crippen molar-refractivity contribution in [3.8, 4) is 0 Å². The van der Waals surface area contributed by atoms with Gasteiger partial charge < -0.3 is 14.6 Å². The monoisotopic (exact) mass is 357 g/mol. The Morgan fingerprint density at radius 2 is 1.69 bits per heavy atom. The first kappa shape index (κ1) is 17.8. The molecule has 2 aromatic carbocycles. The molecule has 0 spiro atoms. The largest absolute Gasteiger partial charge is 0.545 e. The molecule has 0 aromatic heterocycles. The number of halogens is 2. The Hall–Kier alpha value is -3.02. The fraction of sp³-hybridized carbons (Fsp3) is 0.200. The average Bonchev–Trinajstić information content (AvgIpc) is 2.63. The molecule has 1 atom stereocenters. The van der Waals surface area contributed by atoms with E-state index >= 15 is 0 Å². The van der Waals surface area contributed by atoms with Crippen molar-refractivity contribution in [1.82, 2.24) is 0 Å². The fourth-order valence-electron chi connectivity index (χ4n) is 2.96. The van der Waals surface area contributed by atoms with Crippen LogP contribution in [0.2, 0.25) is 0 Å². The number of hydrogen-bond acceptors (Lipinski definition) is 4. The zero-order chi connectivity index (χ0) is 18.7. The molecule has 0 heterocycles. The lowest BCUT2D eigenvalue weighted by Gasteiger charge is -2.29. The molecule has 26 heavy (non-hydrogen) atoms. The molecule has 3 rings (SSSR count). The van der Waals surface area contributed by atoms with Gasteiger partial charge in [-0.2, -0.15) is 0 Å². The smallest absolute Gasteiger partial charge is 0.338 e. The predicted molar refractivity (Wildman–Crippen MR) is 88.5 cm³/mol. The van der Waals surface area contributed by atoms with Crippen molar-refractivity contribution in [1.29, 1.82) is 0 Å². The van der Waals surface area contributed by atoms with Crippen LogP contribution in [0.3, 0.4) is 0 Å². The molecule has 0 fully saturated rings. The van der Waals surface area contributed by atoms with Crippen LogP contribution >= 0.6 is 0 Å². The first-order chi connectivity index (χ1) is 12.4. The number of allylic oxidation sites excluding steroid dienone is 1. The quantitative estimate of drug-likeness (QED) is 0.772. The molecule has 1 aliphatic carbocycles. The zero-order valence-corrected chi connectivity index (χ0v) is 13.7. The van der Waals surface area contributed by atoms with Gasteiger partial charge in [-0.3, -0.25) is 0 Å². The van der Waals surface area contributed by atoms with Crippen molar-refractivity contribution in [3.63, 3.8) is 0 Å². The first-order valence-electron chi connectivity index (χ1n) is 8.04. The molecule has 6 heteroatoms. The van der Waals surface area contributed by atoms with Gasteiger partial charge in [0.2, 0.25) is 0 Å². The highest BCUT2D eigenvalue weighted by molar-refractivity contribution is 6.01. The third-order valence-corrected chi connectivity index (χ3v) is 4.32. The normalized spacial score (nSPS) is 17.4. The zero-order valence-electron chi connectivity index (χ0n) is 13.7. The van der Waals surface area contributed by atoms with E-state index in [1.165, 1.54) is 36.4 Å². The third kappa shape index (κ3) is 3.35. The number of ether oxygens (including phenoxy) is 1. The number of alkyl halides is 2. The Morgan fingerprint density at radius 1 is 1.04 bits per heavy atom. The molecule has 0 radical (unpaired) electrons. The Balaban J connectivity index is 1.66. The number of carbonyl (C=O) groups excluding carboxylic acids is 2. The second-order valence-electron chi connectivity index (χ2n) is 5.93. The van der Waals surface area contributed by atoms with Crippen molar-refractivity contribution in [2.75, 3.05) is 6.61 Å². The second-order valence-corrected chi connectivity index (χ2v) is 5.93. The summed E-state index contributed by atoms with van der Waals surface area (Å²) < 4.78 is 34.2. The summed E-state index contributed by atoms with van der Waals surface area (Å²) in [5, 5.41) is 11.0. The van der Waals surface area contributed by atoms with E-state index in [9.17, 15) is 23.5 Å². The van der Waals surface area contributed by atoms with E-state index in [-0.39, 0.29) is 29.7 Å². The maximum Gasteiger partial charge on any atom is 0.338 e. The maximum absolute atomic E-state index is 14.6. The highest BCUT2D eigenvalue weighted by Crippen LogP contribution is 2.43. The molecule has 134 valence electrons. The summed E-state index contributed by atoms with van der Waals surface area (Å²) in [5.41, 5.74) is -0.0483. The lowest BCUT2D eigenvalue weighted by atomic mass is 9.84. The third-order valence-electron chi connectivity index (χ3n) is 4.32. The van der Waals surface area contributed by atoms with Crippen LogP contribution in [-0.4, -0.2) is 18.5 Å². The van der Waals surface area contributed by atoms with Crippen molar-refractivity contribution < 1.29 is 28.2 Å². The summed E-state index contributed by atoms with van der Waals surface area (Å²) in [4.78, 5) is 23.1. The molecule has 0 N–H and O–H groups in total. The minimum Gasteiger partial charge on any atom is -0.545 e. The minimum absolute atomic E-state index is 0.0545. The van der Waals surface area contributed by atoms with E-state index in [1.54, 1.807) is 24.3 Å². The van der Waals surface area contributed by atoms with Crippen molar-refractivity contribution in [2.45, 2.75) is 12.3 Å². The number of carboxylic acid groups (broad SMARTS) is 1. The number of hydrogen-bond donors (Lipinski definition) is 0. The van der Waals surface area contributed by atoms with Gasteiger partial charge in [0, 0.05) is 17.0 Å². The van der Waals surface area contributed by atoms with E-state index in [1.807, 2.05) is 0 Å². The van der Waals surface area contributed by atoms with Crippen LogP contribution in [-0.2, 0) is 10.7 Å². The number of esters is 1. The van der Waals surface area contributed by atoms with Crippen LogP contribution in [0.5, 0.6) is 0 Å². The summed E-state index contributed by atoms with van der Waals surface area (Å²) in [6, 6.07) is 11.7. The van der Waals surface area contributed by atoms with E-state index in [0.717, 1.165) is 0 Å². The van der Waals surface area contributed by atoms with E-state index in [4.69, 9.17) is 4.74 Å². The molecule has 1 aliphatic rings. The topological polar surface area (TPSA) is 66.4 Å². The number of fused-ring (bicyclic) bond motifs is 1. The lowest BCUT2D eigenvalue weighted by molar-refractivity contribution is -0.255. The van der Waals surface area contributed by atoms with Gasteiger partial charge >= 0.3 is 5.97 Å². The number of carbonyl (C=O) groups is 2. The molecular weight excluding hydrogens is 342 g/mol. The number of aromatic carboxylic acids is 1. The van der Waals surface area contributed by atoms with E-state index in [2.05, 4.69) is 0 Å². The lowest BCUT2D eigenvalue weighted by Crippen LogP contribution is -2.29. The van der Waals surface area contributed by atoms with Gasteiger partial charge in [0.1, 0.15) is 0 Å². The minimum atomic E-state index is -3.07. The Morgan fingerprint density at radius 3 is 2.42 bits per heavy atom. The number of rotatable bonds is 5. The fourth-order valence-corrected chi connectivity index (χ4v) is 2.96. The number of benzene rings is 2. The van der Waals surface area contributed by atoms with Gasteiger partial charge in [-0.25, -0.2) is 13.6 Å². The highest BCUT2D eigenvalue weighted by atomic mass is 19.3. The van der Waals surface area contributed by atoms with Gasteiger partial charge in [-0.1, -0.05) is 54.6 Å². The molecule has 0 saturated heterocycles. The van der Waals surface area contributed by atoms with Gasteiger partial charge in [-0.15, -0.1) is 0 Å². The van der Waals surface area contributed by atoms with Crippen molar-refractivity contribution >= 4 is 18.0 Å². The summed E-state index contributed by atoms with van der Waals surface area (Å²) in [7, 11) is 0. The standard InChI is InChI=1S/C20H16F2O4/c21-20(22)14(10-9-13-5-1-4-8-17(13)20)11-12-26-19(25)16-7-3-2-6-15(16)18(23)24/h1-10,14H,11-12H2,(H,23,24)/p-1. The molecule has 0 aliphatic heterocycles. The van der Waals surface area contributed by atoms with E-state index in [0.29, 0.717) is 5.56 Å². The number of carboxylic acids is 1. The summed E-state index contributed by atoms with van der Waals surface area (Å²) in [6.07, 6.45) is 2.95. The van der Waals surface area contributed by atoms with Crippen LogP contribution in [0.1, 0.15) is 38.3 Å². The van der Waals surface area contributed by atoms with Gasteiger partial charge in [-0.05, 0) is 18.1 Å². The molecule has 0 bridgehead atoms. The van der Waals surface area contributed by atoms with Crippen molar-refractivity contribution in [2.24, 2.45) is 5.92 Å². The van der Waals surface area contributed by atoms with Gasteiger partial charge in [0.25, 0.3) is 5.92 Å². The Bertz CT molecular complexity index is 874. The van der Waals surface area contributed by atoms with Crippen molar-refractivity contribution in [3.05, 3.63) is 76.9 Å². The summed E-state index contributed by atoms with van der Waals surface area (Å²) in [5.74, 6) is -6.56. The van der Waals surface area contributed by atoms with Crippen LogP contribution in [0.15, 0.2) is 54.6 Å². The summed E-state index contributed by atoms with van der Waals surface area (Å²) >= 11 is 0. The van der Waals surface area contributed by atoms with Crippen LogP contribution in [0.4, 0.5) is 8.78 Å². The highest BCUT2D eigenvalue weighted by Gasteiger charge is 2.42. The summed E-state index contributed by atoms with van der Waals surface area (Å²) in [6.45, 7) is -0.257. The molecule has 2 aromatic rings.